The average molecular weight is 425 g/mol. The Morgan fingerprint density at radius 3 is 2.14 bits per heavy atom. The lowest BCUT2D eigenvalue weighted by Crippen LogP contribution is -2.38. The third-order valence-electron chi connectivity index (χ3n) is 4.71. The summed E-state index contributed by atoms with van der Waals surface area (Å²) in [5.74, 6) is 0. The van der Waals surface area contributed by atoms with Crippen molar-refractivity contribution < 1.29 is 14.6 Å². The zero-order chi connectivity index (χ0) is 21.0. The number of thiocarbonyl (C=S) groups is 1. The minimum atomic E-state index is 0.0474. The molecule has 6 heteroatoms. The third-order valence-corrected chi connectivity index (χ3v) is 5.07. The number of hydrogen-bond acceptors (Lipinski definition) is 4. The van der Waals surface area contributed by atoms with Crippen molar-refractivity contribution in [3.63, 3.8) is 0 Å². The minimum absolute atomic E-state index is 0.0474. The standard InChI is InChI=1S/C23H40N2O3S/c1-2-3-4-5-6-7-8-12-15-25(16-18-27-20-21-28-19-17-26)23(29)24-22-13-10-9-11-14-22/h9-11,13-14,26H,2-8,12,15-21H2,1H3,(H,24,29). The fourth-order valence-electron chi connectivity index (χ4n) is 3.04. The summed E-state index contributed by atoms with van der Waals surface area (Å²) in [6.45, 7) is 6.01. The Labute approximate surface area is 182 Å². The summed E-state index contributed by atoms with van der Waals surface area (Å²) in [7, 11) is 0. The van der Waals surface area contributed by atoms with Crippen LogP contribution < -0.4 is 5.32 Å². The smallest absolute Gasteiger partial charge is 0.173 e. The molecule has 0 amide bonds. The molecule has 29 heavy (non-hydrogen) atoms. The summed E-state index contributed by atoms with van der Waals surface area (Å²) in [4.78, 5) is 2.20. The van der Waals surface area contributed by atoms with Gasteiger partial charge in [0.2, 0.25) is 0 Å². The number of aliphatic hydroxyl groups is 1. The fourth-order valence-corrected chi connectivity index (χ4v) is 3.34. The van der Waals surface area contributed by atoms with Gasteiger partial charge in [0, 0.05) is 18.8 Å². The molecule has 166 valence electrons. The lowest BCUT2D eigenvalue weighted by Gasteiger charge is -2.26. The van der Waals surface area contributed by atoms with Crippen LogP contribution in [0.15, 0.2) is 30.3 Å². The third kappa shape index (κ3) is 14.4. The first-order chi connectivity index (χ1) is 14.3. The maximum Gasteiger partial charge on any atom is 0.173 e. The maximum atomic E-state index is 8.70. The normalized spacial score (nSPS) is 10.8. The molecule has 0 saturated heterocycles. The zero-order valence-corrected chi connectivity index (χ0v) is 18.9. The number of unbranched alkanes of at least 4 members (excludes halogenated alkanes) is 7. The van der Waals surface area contributed by atoms with Gasteiger partial charge in [-0.25, -0.2) is 0 Å². The first kappa shape index (κ1) is 25.8. The summed E-state index contributed by atoms with van der Waals surface area (Å²) in [5.41, 5.74) is 1.01. The molecule has 0 radical (unpaired) electrons. The summed E-state index contributed by atoms with van der Waals surface area (Å²) in [6, 6.07) is 10.1. The van der Waals surface area contributed by atoms with Crippen LogP contribution >= 0.6 is 12.2 Å². The van der Waals surface area contributed by atoms with E-state index in [1.165, 1.54) is 44.9 Å². The number of benzene rings is 1. The fraction of sp³-hybridized carbons (Fsp3) is 0.696. The number of rotatable bonds is 18. The molecule has 0 unspecified atom stereocenters. The van der Waals surface area contributed by atoms with Gasteiger partial charge in [-0.05, 0) is 30.8 Å². The van der Waals surface area contributed by atoms with Crippen molar-refractivity contribution in [2.45, 2.75) is 58.3 Å². The minimum Gasteiger partial charge on any atom is -0.394 e. The molecule has 5 nitrogen and oxygen atoms in total. The first-order valence-corrected chi connectivity index (χ1v) is 11.6. The second kappa shape index (κ2) is 18.8. The number of anilines is 1. The Balaban J connectivity index is 2.30. The van der Waals surface area contributed by atoms with Crippen molar-refractivity contribution in [3.8, 4) is 0 Å². The molecular formula is C23H40N2O3S. The van der Waals surface area contributed by atoms with Crippen LogP contribution in [-0.4, -0.2) is 61.2 Å². The van der Waals surface area contributed by atoms with Crippen molar-refractivity contribution in [1.29, 1.82) is 0 Å². The van der Waals surface area contributed by atoms with Crippen LogP contribution in [0.3, 0.4) is 0 Å². The molecule has 1 aromatic rings. The van der Waals surface area contributed by atoms with Gasteiger partial charge in [0.15, 0.2) is 5.11 Å². The average Bonchev–Trinajstić information content (AvgIpc) is 2.74. The van der Waals surface area contributed by atoms with E-state index in [0.717, 1.165) is 30.3 Å². The largest absolute Gasteiger partial charge is 0.394 e. The van der Waals surface area contributed by atoms with E-state index in [-0.39, 0.29) is 6.61 Å². The lowest BCUT2D eigenvalue weighted by atomic mass is 10.1. The molecule has 0 saturated carbocycles. The Morgan fingerprint density at radius 2 is 1.48 bits per heavy atom. The molecule has 0 aliphatic carbocycles. The van der Waals surface area contributed by atoms with E-state index in [9.17, 15) is 0 Å². The zero-order valence-electron chi connectivity index (χ0n) is 18.1. The van der Waals surface area contributed by atoms with Gasteiger partial charge in [-0.15, -0.1) is 0 Å². The molecule has 0 aliphatic heterocycles. The highest BCUT2D eigenvalue weighted by atomic mass is 32.1. The van der Waals surface area contributed by atoms with Gasteiger partial charge in [0.05, 0.1) is 33.0 Å². The van der Waals surface area contributed by atoms with E-state index in [0.29, 0.717) is 26.4 Å². The number of hydrogen-bond donors (Lipinski definition) is 2. The van der Waals surface area contributed by atoms with E-state index < -0.39 is 0 Å². The molecule has 0 aromatic heterocycles. The van der Waals surface area contributed by atoms with E-state index in [1.54, 1.807) is 0 Å². The Kier molecular flexibility index (Phi) is 16.7. The van der Waals surface area contributed by atoms with Crippen molar-refractivity contribution in [3.05, 3.63) is 30.3 Å². The van der Waals surface area contributed by atoms with Gasteiger partial charge in [0.1, 0.15) is 0 Å². The van der Waals surface area contributed by atoms with Gasteiger partial charge in [-0.2, -0.15) is 0 Å². The van der Waals surface area contributed by atoms with Crippen LogP contribution in [0.2, 0.25) is 0 Å². The molecule has 0 bridgehead atoms. The van der Waals surface area contributed by atoms with E-state index in [2.05, 4.69) is 17.1 Å². The highest BCUT2D eigenvalue weighted by Crippen LogP contribution is 2.11. The van der Waals surface area contributed by atoms with Crippen LogP contribution in [-0.2, 0) is 9.47 Å². The van der Waals surface area contributed by atoms with Crippen molar-refractivity contribution >= 4 is 23.0 Å². The summed E-state index contributed by atoms with van der Waals surface area (Å²) >= 11 is 5.65. The Hall–Kier alpha value is -1.21. The van der Waals surface area contributed by atoms with Gasteiger partial charge in [-0.1, -0.05) is 70.1 Å². The summed E-state index contributed by atoms with van der Waals surface area (Å²) < 4.78 is 10.9. The molecule has 2 N–H and O–H groups in total. The van der Waals surface area contributed by atoms with Crippen LogP contribution in [0.25, 0.3) is 0 Å². The van der Waals surface area contributed by atoms with Crippen LogP contribution in [0.1, 0.15) is 58.3 Å². The monoisotopic (exact) mass is 424 g/mol. The highest BCUT2D eigenvalue weighted by Gasteiger charge is 2.10. The van der Waals surface area contributed by atoms with Crippen LogP contribution in [0, 0.1) is 0 Å². The molecule has 0 fully saturated rings. The van der Waals surface area contributed by atoms with Crippen molar-refractivity contribution in [2.75, 3.05) is 51.4 Å². The van der Waals surface area contributed by atoms with Gasteiger partial charge >= 0.3 is 0 Å². The molecule has 0 heterocycles. The molecule has 0 aliphatic rings. The second-order valence-electron chi connectivity index (χ2n) is 7.21. The molecule has 0 spiro atoms. The lowest BCUT2D eigenvalue weighted by molar-refractivity contribution is 0.0303. The SMILES string of the molecule is CCCCCCCCCCN(CCOCCOCCO)C(=S)Nc1ccccc1. The molecule has 0 atom stereocenters. The Bertz CT molecular complexity index is 502. The van der Waals surface area contributed by atoms with E-state index in [4.69, 9.17) is 26.8 Å². The predicted molar refractivity (Wildman–Crippen MR) is 126 cm³/mol. The topological polar surface area (TPSA) is 54.0 Å². The Morgan fingerprint density at radius 1 is 0.862 bits per heavy atom. The number of ether oxygens (including phenoxy) is 2. The second-order valence-corrected chi connectivity index (χ2v) is 7.59. The number of nitrogens with zero attached hydrogens (tertiary/aromatic N) is 1. The summed E-state index contributed by atoms with van der Waals surface area (Å²) in [6.07, 6.45) is 10.4. The molecule has 1 rings (SSSR count). The van der Waals surface area contributed by atoms with Crippen molar-refractivity contribution in [2.24, 2.45) is 0 Å². The van der Waals surface area contributed by atoms with E-state index in [1.807, 2.05) is 30.3 Å². The van der Waals surface area contributed by atoms with Crippen LogP contribution in [0.5, 0.6) is 0 Å². The van der Waals surface area contributed by atoms with Crippen LogP contribution in [0.4, 0.5) is 5.69 Å². The molecule has 1 aromatic carbocycles. The number of para-hydroxylation sites is 1. The van der Waals surface area contributed by atoms with Gasteiger partial charge in [-0.3, -0.25) is 0 Å². The summed E-state index contributed by atoms with van der Waals surface area (Å²) in [5, 5.41) is 12.8. The maximum absolute atomic E-state index is 8.70. The molecular weight excluding hydrogens is 384 g/mol. The number of nitrogens with one attached hydrogen (secondary N) is 1. The van der Waals surface area contributed by atoms with Gasteiger partial charge < -0.3 is 24.8 Å². The predicted octanol–water partition coefficient (Wildman–Crippen LogP) is 4.85. The quantitative estimate of drug-likeness (QED) is 0.259. The highest BCUT2D eigenvalue weighted by molar-refractivity contribution is 7.80. The first-order valence-electron chi connectivity index (χ1n) is 11.1. The van der Waals surface area contributed by atoms with E-state index >= 15 is 0 Å². The van der Waals surface area contributed by atoms with Gasteiger partial charge in [0.25, 0.3) is 0 Å². The number of aliphatic hydroxyl groups excluding tert-OH is 1. The van der Waals surface area contributed by atoms with Crippen molar-refractivity contribution in [1.82, 2.24) is 4.90 Å².